The normalized spacial score (nSPS) is 14.9. The van der Waals surface area contributed by atoms with E-state index in [9.17, 15) is 4.79 Å². The number of carbonyl (C=O) groups excluding carboxylic acids is 1. The number of anilines is 1. The lowest BCUT2D eigenvalue weighted by atomic mass is 9.83. The third kappa shape index (κ3) is 3.15. The van der Waals surface area contributed by atoms with Gasteiger partial charge < -0.3 is 15.8 Å². The summed E-state index contributed by atoms with van der Waals surface area (Å²) in [7, 11) is 1.56. The fraction of sp³-hybridized carbons (Fsp3) is 0.500. The maximum absolute atomic E-state index is 11.9. The molecule has 0 atom stereocenters. The number of nitrogens with one attached hydrogen (secondary N) is 1. The second kappa shape index (κ2) is 5.76. The predicted molar refractivity (Wildman–Crippen MR) is 71.7 cm³/mol. The summed E-state index contributed by atoms with van der Waals surface area (Å²) in [5.74, 6) is 1.33. The fourth-order valence-electron chi connectivity index (χ4n) is 2.14. The molecule has 4 nitrogen and oxygen atoms in total. The van der Waals surface area contributed by atoms with Gasteiger partial charge in [-0.3, -0.25) is 4.79 Å². The van der Waals surface area contributed by atoms with Gasteiger partial charge in [-0.1, -0.05) is 19.3 Å². The molecule has 0 bridgehead atoms. The van der Waals surface area contributed by atoms with Gasteiger partial charge in [0.15, 0.2) is 0 Å². The molecule has 1 fully saturated rings. The summed E-state index contributed by atoms with van der Waals surface area (Å²) in [6, 6.07) is 5.07. The van der Waals surface area contributed by atoms with Gasteiger partial charge in [0, 0.05) is 23.9 Å². The summed E-state index contributed by atoms with van der Waals surface area (Å²) in [5, 5.41) is 2.93. The van der Waals surface area contributed by atoms with E-state index < -0.39 is 0 Å². The smallest absolute Gasteiger partial charge is 0.251 e. The van der Waals surface area contributed by atoms with Crippen LogP contribution in [0.15, 0.2) is 18.2 Å². The molecule has 0 aromatic heterocycles. The van der Waals surface area contributed by atoms with Crippen LogP contribution in [-0.4, -0.2) is 19.6 Å². The van der Waals surface area contributed by atoms with E-state index in [1.165, 1.54) is 19.3 Å². The number of nitrogens with two attached hydrogens (primary N) is 1. The Kier molecular flexibility index (Phi) is 4.07. The number of amides is 1. The van der Waals surface area contributed by atoms with Crippen molar-refractivity contribution >= 4 is 11.6 Å². The van der Waals surface area contributed by atoms with E-state index in [1.54, 1.807) is 25.3 Å². The van der Waals surface area contributed by atoms with E-state index in [-0.39, 0.29) is 5.91 Å². The molecule has 4 heteroatoms. The lowest BCUT2D eigenvalue weighted by Gasteiger charge is -2.25. The van der Waals surface area contributed by atoms with Crippen LogP contribution in [0, 0.1) is 5.92 Å². The number of hydrogen-bond donors (Lipinski definition) is 2. The third-order valence-electron chi connectivity index (χ3n) is 3.49. The third-order valence-corrected chi connectivity index (χ3v) is 3.49. The Morgan fingerprint density at radius 3 is 2.83 bits per heavy atom. The van der Waals surface area contributed by atoms with Crippen LogP contribution in [0.2, 0.25) is 0 Å². The van der Waals surface area contributed by atoms with Crippen molar-refractivity contribution in [3.8, 4) is 5.75 Å². The largest absolute Gasteiger partial charge is 0.497 e. The van der Waals surface area contributed by atoms with E-state index >= 15 is 0 Å². The van der Waals surface area contributed by atoms with Crippen LogP contribution in [0.25, 0.3) is 0 Å². The highest BCUT2D eigenvalue weighted by molar-refractivity contribution is 5.95. The van der Waals surface area contributed by atoms with E-state index in [0.717, 1.165) is 18.9 Å². The molecule has 1 aromatic rings. The molecule has 0 radical (unpaired) electrons. The average molecular weight is 248 g/mol. The van der Waals surface area contributed by atoms with E-state index in [4.69, 9.17) is 10.5 Å². The zero-order valence-electron chi connectivity index (χ0n) is 10.7. The van der Waals surface area contributed by atoms with Crippen molar-refractivity contribution in [2.45, 2.75) is 25.7 Å². The summed E-state index contributed by atoms with van der Waals surface area (Å²) in [6.07, 6.45) is 5.03. The van der Waals surface area contributed by atoms with Crippen molar-refractivity contribution in [2.24, 2.45) is 5.92 Å². The highest BCUT2D eigenvalue weighted by Gasteiger charge is 2.17. The Bertz CT molecular complexity index is 428. The highest BCUT2D eigenvalue weighted by atomic mass is 16.5. The van der Waals surface area contributed by atoms with Crippen LogP contribution >= 0.6 is 0 Å². The lowest BCUT2D eigenvalue weighted by Crippen LogP contribution is -2.27. The molecule has 0 saturated heterocycles. The summed E-state index contributed by atoms with van der Waals surface area (Å²) in [4.78, 5) is 11.9. The summed E-state index contributed by atoms with van der Waals surface area (Å²) < 4.78 is 5.10. The molecule has 18 heavy (non-hydrogen) atoms. The molecule has 3 N–H and O–H groups in total. The Morgan fingerprint density at radius 1 is 1.44 bits per heavy atom. The van der Waals surface area contributed by atoms with Gasteiger partial charge in [-0.2, -0.15) is 0 Å². The van der Waals surface area contributed by atoms with Crippen LogP contribution in [0.4, 0.5) is 5.69 Å². The quantitative estimate of drug-likeness (QED) is 0.785. The van der Waals surface area contributed by atoms with Crippen molar-refractivity contribution < 1.29 is 9.53 Å². The van der Waals surface area contributed by atoms with Crippen molar-refractivity contribution in [3.05, 3.63) is 23.8 Å². The SMILES string of the molecule is COc1cc(N)cc(C(=O)NCCC2CCC2)c1. The summed E-state index contributed by atoms with van der Waals surface area (Å²) in [5.41, 5.74) is 6.82. The van der Waals surface area contributed by atoms with Gasteiger partial charge in [0.2, 0.25) is 0 Å². The molecule has 1 saturated carbocycles. The van der Waals surface area contributed by atoms with Crippen LogP contribution in [0.1, 0.15) is 36.0 Å². The monoisotopic (exact) mass is 248 g/mol. The fourth-order valence-corrected chi connectivity index (χ4v) is 2.14. The first-order valence-electron chi connectivity index (χ1n) is 6.42. The average Bonchev–Trinajstić information content (AvgIpc) is 2.31. The van der Waals surface area contributed by atoms with Crippen molar-refractivity contribution in [3.63, 3.8) is 0 Å². The van der Waals surface area contributed by atoms with E-state index in [2.05, 4.69) is 5.32 Å². The zero-order chi connectivity index (χ0) is 13.0. The van der Waals surface area contributed by atoms with Gasteiger partial charge >= 0.3 is 0 Å². The second-order valence-electron chi connectivity index (χ2n) is 4.84. The van der Waals surface area contributed by atoms with Crippen LogP contribution in [0.5, 0.6) is 5.75 Å². The molecule has 0 unspecified atom stereocenters. The molecule has 0 aliphatic heterocycles. The minimum Gasteiger partial charge on any atom is -0.497 e. The van der Waals surface area contributed by atoms with Gasteiger partial charge in [0.25, 0.3) is 5.91 Å². The van der Waals surface area contributed by atoms with E-state index in [0.29, 0.717) is 17.0 Å². The van der Waals surface area contributed by atoms with Crippen molar-refractivity contribution in [1.82, 2.24) is 5.32 Å². The van der Waals surface area contributed by atoms with Gasteiger partial charge in [0.05, 0.1) is 7.11 Å². The first kappa shape index (κ1) is 12.7. The maximum atomic E-state index is 11.9. The number of benzene rings is 1. The predicted octanol–water partition coefficient (Wildman–Crippen LogP) is 2.20. The van der Waals surface area contributed by atoms with Crippen LogP contribution in [0.3, 0.4) is 0 Å². The molecule has 1 amide bonds. The Hall–Kier alpha value is -1.71. The number of carbonyl (C=O) groups is 1. The van der Waals surface area contributed by atoms with Gasteiger partial charge in [-0.15, -0.1) is 0 Å². The van der Waals surface area contributed by atoms with Gasteiger partial charge in [-0.05, 0) is 24.5 Å². The molecule has 0 heterocycles. The molecule has 1 aliphatic rings. The van der Waals surface area contributed by atoms with Crippen molar-refractivity contribution in [2.75, 3.05) is 19.4 Å². The molecular formula is C14H20N2O2. The zero-order valence-corrected chi connectivity index (χ0v) is 10.7. The number of rotatable bonds is 5. The van der Waals surface area contributed by atoms with Crippen LogP contribution in [-0.2, 0) is 0 Å². The minimum absolute atomic E-state index is 0.0834. The Balaban J connectivity index is 1.88. The molecule has 98 valence electrons. The standard InChI is InChI=1S/C14H20N2O2/c1-18-13-8-11(7-12(15)9-13)14(17)16-6-5-10-3-2-4-10/h7-10H,2-6,15H2,1H3,(H,16,17). The molecule has 0 spiro atoms. The molecule has 1 aliphatic carbocycles. The minimum atomic E-state index is -0.0834. The number of ether oxygens (including phenoxy) is 1. The van der Waals surface area contributed by atoms with E-state index in [1.807, 2.05) is 0 Å². The van der Waals surface area contributed by atoms with Crippen molar-refractivity contribution in [1.29, 1.82) is 0 Å². The molecule has 2 rings (SSSR count). The number of methoxy groups -OCH3 is 1. The molecular weight excluding hydrogens is 228 g/mol. The Morgan fingerprint density at radius 2 is 2.22 bits per heavy atom. The summed E-state index contributed by atoms with van der Waals surface area (Å²) in [6.45, 7) is 0.737. The first-order chi connectivity index (χ1) is 8.69. The van der Waals surface area contributed by atoms with Gasteiger partial charge in [0.1, 0.15) is 5.75 Å². The topological polar surface area (TPSA) is 64.3 Å². The molecule has 1 aromatic carbocycles. The number of hydrogen-bond acceptors (Lipinski definition) is 3. The first-order valence-corrected chi connectivity index (χ1v) is 6.42. The second-order valence-corrected chi connectivity index (χ2v) is 4.84. The van der Waals surface area contributed by atoms with Crippen LogP contribution < -0.4 is 15.8 Å². The maximum Gasteiger partial charge on any atom is 0.251 e. The number of nitrogen functional groups attached to an aromatic ring is 1. The Labute approximate surface area is 108 Å². The summed E-state index contributed by atoms with van der Waals surface area (Å²) >= 11 is 0. The highest BCUT2D eigenvalue weighted by Crippen LogP contribution is 2.28. The lowest BCUT2D eigenvalue weighted by molar-refractivity contribution is 0.0948. The van der Waals surface area contributed by atoms with Gasteiger partial charge in [-0.25, -0.2) is 0 Å².